The Morgan fingerprint density at radius 2 is 1.47 bits per heavy atom. The van der Waals surface area contributed by atoms with Crippen LogP contribution in [0.2, 0.25) is 0 Å². The lowest BCUT2D eigenvalue weighted by atomic mass is 10.3. The maximum atomic E-state index is 5.55. The Bertz CT molecular complexity index is 214. The van der Waals surface area contributed by atoms with Gasteiger partial charge in [-0.05, 0) is 6.42 Å². The molecule has 0 saturated carbocycles. The van der Waals surface area contributed by atoms with E-state index in [0.717, 1.165) is 19.5 Å². The third-order valence-corrected chi connectivity index (χ3v) is 6.11. The summed E-state index contributed by atoms with van der Waals surface area (Å²) in [6.45, 7) is 11.2. The molecular weight excluding hydrogens is 234 g/mol. The molecule has 100 valence electrons. The van der Waals surface area contributed by atoms with Crippen LogP contribution in [0, 0.1) is 0 Å². The first-order chi connectivity index (χ1) is 8.15. The van der Waals surface area contributed by atoms with Crippen LogP contribution in [-0.2, 0) is 13.3 Å². The van der Waals surface area contributed by atoms with Crippen molar-refractivity contribution in [3.8, 4) is 0 Å². The molecule has 17 heavy (non-hydrogen) atoms. The highest BCUT2D eigenvalue weighted by molar-refractivity contribution is 6.62. The molecule has 4 nitrogen and oxygen atoms in total. The monoisotopic (exact) mass is 259 g/mol. The molecule has 0 fully saturated rings. The molecule has 0 bridgehead atoms. The summed E-state index contributed by atoms with van der Waals surface area (Å²) < 4.78 is 16.6. The van der Waals surface area contributed by atoms with Gasteiger partial charge in [0.1, 0.15) is 0 Å². The average Bonchev–Trinajstić information content (AvgIpc) is 2.36. The van der Waals surface area contributed by atoms with Gasteiger partial charge in [-0.15, -0.1) is 13.2 Å². The van der Waals surface area contributed by atoms with Crippen molar-refractivity contribution in [1.82, 2.24) is 4.90 Å². The number of nitrogens with zero attached hydrogens (tertiary/aromatic N) is 1. The van der Waals surface area contributed by atoms with E-state index in [1.165, 1.54) is 0 Å². The van der Waals surface area contributed by atoms with Gasteiger partial charge in [0.25, 0.3) is 0 Å². The molecule has 1 atom stereocenters. The van der Waals surface area contributed by atoms with E-state index in [1.54, 1.807) is 21.3 Å². The minimum Gasteiger partial charge on any atom is -0.376 e. The Morgan fingerprint density at radius 3 is 1.71 bits per heavy atom. The predicted octanol–water partition coefficient (Wildman–Crippen LogP) is 1.86. The van der Waals surface area contributed by atoms with Gasteiger partial charge >= 0.3 is 8.80 Å². The first-order valence-electron chi connectivity index (χ1n) is 5.76. The van der Waals surface area contributed by atoms with Crippen molar-refractivity contribution in [3.05, 3.63) is 25.3 Å². The quantitative estimate of drug-likeness (QED) is 0.442. The van der Waals surface area contributed by atoms with Crippen LogP contribution < -0.4 is 0 Å². The molecule has 0 aromatic heterocycles. The van der Waals surface area contributed by atoms with Gasteiger partial charge in [0, 0.05) is 34.4 Å². The fourth-order valence-corrected chi connectivity index (χ4v) is 4.52. The molecule has 0 saturated heterocycles. The molecule has 0 aromatic carbocycles. The molecule has 0 amide bonds. The number of rotatable bonds is 10. The third kappa shape index (κ3) is 4.04. The van der Waals surface area contributed by atoms with Crippen LogP contribution in [-0.4, -0.2) is 53.8 Å². The summed E-state index contributed by atoms with van der Waals surface area (Å²) in [7, 11) is 2.27. The van der Waals surface area contributed by atoms with E-state index in [1.807, 2.05) is 12.2 Å². The SMILES string of the molecule is C=CCN(CC=C)C(CC)[Si](OC)(OC)OC. The molecule has 5 heteroatoms. The highest BCUT2D eigenvalue weighted by atomic mass is 28.4. The van der Waals surface area contributed by atoms with Crippen LogP contribution in [0.15, 0.2) is 25.3 Å². The van der Waals surface area contributed by atoms with Crippen molar-refractivity contribution < 1.29 is 13.3 Å². The maximum absolute atomic E-state index is 5.55. The van der Waals surface area contributed by atoms with Crippen molar-refractivity contribution >= 4 is 8.80 Å². The zero-order chi connectivity index (χ0) is 13.3. The van der Waals surface area contributed by atoms with Gasteiger partial charge in [-0.25, -0.2) is 0 Å². The second-order valence-corrected chi connectivity index (χ2v) is 6.77. The molecule has 0 heterocycles. The average molecular weight is 259 g/mol. The van der Waals surface area contributed by atoms with Crippen molar-refractivity contribution in [2.24, 2.45) is 0 Å². The molecule has 0 aliphatic rings. The summed E-state index contributed by atoms with van der Waals surface area (Å²) in [4.78, 5) is 2.21. The van der Waals surface area contributed by atoms with Gasteiger partial charge in [-0.3, -0.25) is 4.90 Å². The predicted molar refractivity (Wildman–Crippen MR) is 72.8 cm³/mol. The Morgan fingerprint density at radius 1 is 1.06 bits per heavy atom. The second-order valence-electron chi connectivity index (χ2n) is 3.67. The Labute approximate surface area is 106 Å². The molecule has 0 aliphatic heterocycles. The van der Waals surface area contributed by atoms with Gasteiger partial charge in [-0.1, -0.05) is 19.1 Å². The van der Waals surface area contributed by atoms with E-state index in [4.69, 9.17) is 13.3 Å². The summed E-state index contributed by atoms with van der Waals surface area (Å²) in [6, 6.07) is 0. The van der Waals surface area contributed by atoms with Gasteiger partial charge in [0.05, 0.1) is 5.67 Å². The highest BCUT2D eigenvalue weighted by Crippen LogP contribution is 2.20. The number of hydrogen-bond donors (Lipinski definition) is 0. The van der Waals surface area contributed by atoms with Gasteiger partial charge < -0.3 is 13.3 Å². The molecule has 0 rings (SSSR count). The minimum absolute atomic E-state index is 0.110. The molecule has 0 spiro atoms. The number of hydrogen-bond acceptors (Lipinski definition) is 4. The van der Waals surface area contributed by atoms with Crippen LogP contribution in [0.25, 0.3) is 0 Å². The van der Waals surface area contributed by atoms with Gasteiger partial charge in [0.15, 0.2) is 0 Å². The van der Waals surface area contributed by atoms with Gasteiger partial charge in [0.2, 0.25) is 0 Å². The molecule has 0 aromatic rings. The van der Waals surface area contributed by atoms with Crippen LogP contribution in [0.5, 0.6) is 0 Å². The normalized spacial score (nSPS) is 13.7. The van der Waals surface area contributed by atoms with Crippen molar-refractivity contribution in [2.45, 2.75) is 19.0 Å². The van der Waals surface area contributed by atoms with Crippen molar-refractivity contribution in [1.29, 1.82) is 0 Å². The Balaban J connectivity index is 5.07. The van der Waals surface area contributed by atoms with Crippen LogP contribution in [0.4, 0.5) is 0 Å². The second kappa shape index (κ2) is 8.60. The maximum Gasteiger partial charge on any atom is 0.518 e. The van der Waals surface area contributed by atoms with E-state index >= 15 is 0 Å². The lowest BCUT2D eigenvalue weighted by Crippen LogP contribution is -2.61. The smallest absolute Gasteiger partial charge is 0.376 e. The summed E-state index contributed by atoms with van der Waals surface area (Å²) in [5.74, 6) is 0. The lowest BCUT2D eigenvalue weighted by Gasteiger charge is -2.38. The van der Waals surface area contributed by atoms with E-state index in [-0.39, 0.29) is 5.67 Å². The largest absolute Gasteiger partial charge is 0.518 e. The van der Waals surface area contributed by atoms with Crippen molar-refractivity contribution in [2.75, 3.05) is 34.4 Å². The van der Waals surface area contributed by atoms with E-state index < -0.39 is 8.80 Å². The topological polar surface area (TPSA) is 30.9 Å². The standard InChI is InChI=1S/C12H25NO3Si/c1-7-10-13(11-8-2)12(9-3)17(14-4,15-5)16-6/h7-8,12H,1-2,9-11H2,3-6H3. The molecular formula is C12H25NO3Si. The third-order valence-electron chi connectivity index (χ3n) is 2.82. The zero-order valence-corrected chi connectivity index (χ0v) is 12.4. The van der Waals surface area contributed by atoms with Crippen LogP contribution in [0.3, 0.4) is 0 Å². The summed E-state index contributed by atoms with van der Waals surface area (Å²) in [6.07, 6.45) is 4.63. The molecule has 0 radical (unpaired) electrons. The highest BCUT2D eigenvalue weighted by Gasteiger charge is 2.48. The van der Waals surface area contributed by atoms with Crippen LogP contribution >= 0.6 is 0 Å². The van der Waals surface area contributed by atoms with E-state index in [2.05, 4.69) is 25.0 Å². The Kier molecular flexibility index (Phi) is 8.37. The van der Waals surface area contributed by atoms with Crippen LogP contribution in [0.1, 0.15) is 13.3 Å². The molecule has 1 unspecified atom stereocenters. The van der Waals surface area contributed by atoms with Crippen molar-refractivity contribution in [3.63, 3.8) is 0 Å². The fourth-order valence-electron chi connectivity index (χ4n) is 2.05. The van der Waals surface area contributed by atoms with E-state index in [9.17, 15) is 0 Å². The van der Waals surface area contributed by atoms with Gasteiger partial charge in [-0.2, -0.15) is 0 Å². The molecule has 0 N–H and O–H groups in total. The lowest BCUT2D eigenvalue weighted by molar-refractivity contribution is 0.0792. The fraction of sp³-hybridized carbons (Fsp3) is 0.667. The summed E-state index contributed by atoms with van der Waals surface area (Å²) in [5, 5.41) is 0. The summed E-state index contributed by atoms with van der Waals surface area (Å²) in [5.41, 5.74) is 0.110. The zero-order valence-electron chi connectivity index (χ0n) is 11.4. The van der Waals surface area contributed by atoms with E-state index in [0.29, 0.717) is 0 Å². The first-order valence-corrected chi connectivity index (χ1v) is 7.57. The molecule has 0 aliphatic carbocycles. The first kappa shape index (κ1) is 16.5. The minimum atomic E-state index is -2.65. The Hall–Kier alpha value is -0.463. The summed E-state index contributed by atoms with van der Waals surface area (Å²) >= 11 is 0.